The molecule has 2 aliphatic rings. The summed E-state index contributed by atoms with van der Waals surface area (Å²) in [6.45, 7) is -0.371. The first-order chi connectivity index (χ1) is 17.2. The average molecular weight is 561 g/mol. The van der Waals surface area contributed by atoms with Gasteiger partial charge in [0.1, 0.15) is 22.8 Å². The number of ketones is 1. The van der Waals surface area contributed by atoms with Crippen LogP contribution in [-0.2, 0) is 0 Å². The number of rotatable bonds is 4. The molecule has 10 nitrogen and oxygen atoms in total. The van der Waals surface area contributed by atoms with Gasteiger partial charge in [0, 0.05) is 23.3 Å². The van der Waals surface area contributed by atoms with E-state index < -0.39 is 35.9 Å². The number of aliphatic hydroxyl groups is 2. The lowest BCUT2D eigenvalue weighted by Crippen LogP contribution is -2.37. The Bertz CT molecular complexity index is 1360. The van der Waals surface area contributed by atoms with Crippen LogP contribution in [0.25, 0.3) is 0 Å². The number of ether oxygens (including phenoxy) is 4. The van der Waals surface area contributed by atoms with Gasteiger partial charge < -0.3 is 44.5 Å². The van der Waals surface area contributed by atoms with Crippen LogP contribution in [-0.4, -0.2) is 57.2 Å². The van der Waals surface area contributed by atoms with Gasteiger partial charge in [-0.25, -0.2) is 0 Å². The predicted octanol–water partition coefficient (Wildman–Crippen LogP) is 3.13. The number of carbonyl (C=O) groups excluding carboxylic acids is 1. The number of hydrogen-bond donors (Lipinski definition) is 5. The minimum absolute atomic E-state index is 0.0607. The summed E-state index contributed by atoms with van der Waals surface area (Å²) in [7, 11) is 1.41. The van der Waals surface area contributed by atoms with Gasteiger partial charge in [-0.1, -0.05) is 6.07 Å². The van der Waals surface area contributed by atoms with Gasteiger partial charge in [-0.15, -0.1) is 0 Å². The second kappa shape index (κ2) is 9.08. The van der Waals surface area contributed by atoms with E-state index in [0.717, 1.165) is 6.07 Å². The number of aliphatic hydroxyl groups excluding tert-OH is 2. The molecule has 5 N–H and O–H groups in total. The molecule has 4 atom stereocenters. The summed E-state index contributed by atoms with van der Waals surface area (Å²) in [5.74, 6) is -0.948. The summed E-state index contributed by atoms with van der Waals surface area (Å²) in [5, 5.41) is 50.5. The summed E-state index contributed by atoms with van der Waals surface area (Å²) in [6, 6.07) is 9.90. The predicted molar refractivity (Wildman–Crippen MR) is 127 cm³/mol. The van der Waals surface area contributed by atoms with E-state index in [1.54, 1.807) is 18.2 Å². The molecule has 2 aliphatic heterocycles. The number of halogens is 1. The third-order valence-electron chi connectivity index (χ3n) is 6.06. The Kier molecular flexibility index (Phi) is 6.07. The fourth-order valence-corrected chi connectivity index (χ4v) is 4.88. The fourth-order valence-electron chi connectivity index (χ4n) is 4.33. The van der Waals surface area contributed by atoms with Crippen molar-refractivity contribution in [3.63, 3.8) is 0 Å². The molecule has 0 aliphatic carbocycles. The first-order valence-electron chi connectivity index (χ1n) is 10.8. The first-order valence-corrected chi connectivity index (χ1v) is 11.6. The van der Waals surface area contributed by atoms with Crippen molar-refractivity contribution < 1.29 is 49.3 Å². The van der Waals surface area contributed by atoms with E-state index >= 15 is 0 Å². The van der Waals surface area contributed by atoms with Crippen LogP contribution in [0.15, 0.2) is 46.9 Å². The second-order valence-corrected chi connectivity index (χ2v) is 9.18. The molecule has 0 aromatic heterocycles. The monoisotopic (exact) mass is 560 g/mol. The number of phenolic OH excluding ortho intramolecular Hbond substituents is 3. The molecule has 11 heteroatoms. The molecule has 4 unspecified atom stereocenters. The zero-order chi connectivity index (χ0) is 25.7. The topological polar surface area (TPSA) is 155 Å². The van der Waals surface area contributed by atoms with Gasteiger partial charge in [-0.3, -0.25) is 4.79 Å². The fraction of sp³-hybridized carbons (Fsp3) is 0.240. The van der Waals surface area contributed by atoms with Crippen LogP contribution >= 0.6 is 15.9 Å². The number of fused-ring (bicyclic) bond motifs is 2. The maximum absolute atomic E-state index is 12.8. The van der Waals surface area contributed by atoms with Gasteiger partial charge in [0.2, 0.25) is 5.78 Å². The average Bonchev–Trinajstić information content (AvgIpc) is 2.85. The lowest BCUT2D eigenvalue weighted by Gasteiger charge is -2.35. The standard InChI is InChI=1S/C25H21BrO10/c1-33-16-5-10(2-3-14(16)29)23-19(9-27)36-25-13(26)4-11(6-18(25)35-23)24-22(32)21(31)20-15(30)7-12(28)8-17(20)34-24/h2-8,19,22-24,27-30,32H,9H2,1H3. The van der Waals surface area contributed by atoms with Gasteiger partial charge in [-0.2, -0.15) is 0 Å². The molecule has 188 valence electrons. The molecule has 0 fully saturated rings. The molecule has 0 spiro atoms. The van der Waals surface area contributed by atoms with Crippen molar-refractivity contribution in [1.29, 1.82) is 0 Å². The Balaban J connectivity index is 1.53. The van der Waals surface area contributed by atoms with Crippen molar-refractivity contribution in [3.8, 4) is 40.2 Å². The summed E-state index contributed by atoms with van der Waals surface area (Å²) >= 11 is 3.41. The number of methoxy groups -OCH3 is 1. The Labute approximate surface area is 213 Å². The van der Waals surface area contributed by atoms with Crippen LogP contribution in [0.4, 0.5) is 0 Å². The Morgan fingerprint density at radius 1 is 0.917 bits per heavy atom. The summed E-state index contributed by atoms with van der Waals surface area (Å²) in [4.78, 5) is 12.8. The molecule has 0 saturated heterocycles. The van der Waals surface area contributed by atoms with E-state index in [1.165, 1.54) is 25.3 Å². The highest BCUT2D eigenvalue weighted by atomic mass is 79.9. The van der Waals surface area contributed by atoms with Gasteiger partial charge in [0.25, 0.3) is 0 Å². The smallest absolute Gasteiger partial charge is 0.202 e. The third-order valence-corrected chi connectivity index (χ3v) is 6.64. The quantitative estimate of drug-likeness (QED) is 0.321. The highest BCUT2D eigenvalue weighted by Gasteiger charge is 2.41. The largest absolute Gasteiger partial charge is 0.508 e. The maximum Gasteiger partial charge on any atom is 0.202 e. The second-order valence-electron chi connectivity index (χ2n) is 8.32. The molecule has 0 bridgehead atoms. The number of hydrogen-bond acceptors (Lipinski definition) is 10. The molecule has 36 heavy (non-hydrogen) atoms. The van der Waals surface area contributed by atoms with Crippen molar-refractivity contribution in [1.82, 2.24) is 0 Å². The minimum atomic E-state index is -1.65. The van der Waals surface area contributed by atoms with Crippen LogP contribution in [0.1, 0.15) is 33.7 Å². The van der Waals surface area contributed by atoms with E-state index in [0.29, 0.717) is 21.3 Å². The van der Waals surface area contributed by atoms with Crippen LogP contribution in [0.5, 0.6) is 40.2 Å². The molecule has 3 aromatic carbocycles. The first kappa shape index (κ1) is 24.0. The van der Waals surface area contributed by atoms with Crippen LogP contribution < -0.4 is 18.9 Å². The Morgan fingerprint density at radius 2 is 1.67 bits per heavy atom. The zero-order valence-corrected chi connectivity index (χ0v) is 20.3. The van der Waals surface area contributed by atoms with Crippen LogP contribution in [0.2, 0.25) is 0 Å². The highest BCUT2D eigenvalue weighted by Crippen LogP contribution is 2.48. The molecule has 0 radical (unpaired) electrons. The zero-order valence-electron chi connectivity index (χ0n) is 18.7. The maximum atomic E-state index is 12.8. The van der Waals surface area contributed by atoms with E-state index in [1.807, 2.05) is 0 Å². The van der Waals surface area contributed by atoms with Crippen molar-refractivity contribution >= 4 is 21.7 Å². The van der Waals surface area contributed by atoms with Crippen molar-refractivity contribution in [3.05, 3.63) is 63.6 Å². The van der Waals surface area contributed by atoms with Gasteiger partial charge in [0.15, 0.2) is 47.4 Å². The number of carbonyl (C=O) groups is 1. The van der Waals surface area contributed by atoms with E-state index in [4.69, 9.17) is 18.9 Å². The van der Waals surface area contributed by atoms with Gasteiger partial charge in [-0.05, 0) is 40.2 Å². The van der Waals surface area contributed by atoms with Crippen molar-refractivity contribution in [2.75, 3.05) is 13.7 Å². The summed E-state index contributed by atoms with van der Waals surface area (Å²) in [6.07, 6.45) is -4.40. The molecular formula is C25H21BrO10. The number of phenols is 3. The lowest BCUT2D eigenvalue weighted by atomic mass is 9.92. The van der Waals surface area contributed by atoms with Crippen LogP contribution in [0, 0.1) is 0 Å². The van der Waals surface area contributed by atoms with Crippen molar-refractivity contribution in [2.24, 2.45) is 0 Å². The Hall–Kier alpha value is -3.67. The van der Waals surface area contributed by atoms with E-state index in [-0.39, 0.29) is 40.9 Å². The normalized spacial score (nSPS) is 22.5. The lowest BCUT2D eigenvalue weighted by molar-refractivity contribution is -0.0137. The molecule has 2 heterocycles. The molecule has 0 amide bonds. The minimum Gasteiger partial charge on any atom is -0.508 e. The number of aromatic hydroxyl groups is 3. The molecule has 3 aromatic rings. The molecule has 0 saturated carbocycles. The highest BCUT2D eigenvalue weighted by molar-refractivity contribution is 9.10. The van der Waals surface area contributed by atoms with E-state index in [2.05, 4.69) is 15.9 Å². The summed E-state index contributed by atoms with van der Waals surface area (Å²) < 4.78 is 23.6. The molecule has 5 rings (SSSR count). The Morgan fingerprint density at radius 3 is 2.39 bits per heavy atom. The van der Waals surface area contributed by atoms with Gasteiger partial charge in [0.05, 0.1) is 18.2 Å². The summed E-state index contributed by atoms with van der Waals surface area (Å²) in [5.41, 5.74) is 0.697. The molecular weight excluding hydrogens is 540 g/mol. The van der Waals surface area contributed by atoms with Crippen LogP contribution in [0.3, 0.4) is 0 Å². The number of benzene rings is 3. The SMILES string of the molecule is COc1cc(C2Oc3cc(C4Oc5cc(O)cc(O)c5C(=O)C4O)cc(Br)c3OC2CO)ccc1O. The van der Waals surface area contributed by atoms with E-state index in [9.17, 15) is 30.3 Å². The van der Waals surface area contributed by atoms with Gasteiger partial charge >= 0.3 is 0 Å². The third kappa shape index (κ3) is 3.94. The number of Topliss-reactive ketones (excluding diaryl/α,β-unsaturated/α-hetero) is 1. The van der Waals surface area contributed by atoms with Crippen molar-refractivity contribution in [2.45, 2.75) is 24.4 Å².